The number of fused-ring (bicyclic) bond motifs is 1. The molecule has 3 rings (SSSR count). The van der Waals surface area contributed by atoms with Crippen molar-refractivity contribution >= 4 is 33.9 Å². The van der Waals surface area contributed by atoms with E-state index < -0.39 is 11.7 Å². The Hall–Kier alpha value is -2.27. The van der Waals surface area contributed by atoms with E-state index in [0.717, 1.165) is 6.07 Å². The summed E-state index contributed by atoms with van der Waals surface area (Å²) in [5.41, 5.74) is 0.437. The van der Waals surface area contributed by atoms with E-state index in [1.807, 2.05) is 0 Å². The van der Waals surface area contributed by atoms with Crippen molar-refractivity contribution < 1.29 is 13.2 Å². The molecule has 3 aromatic rings. The molecule has 0 saturated carbocycles. The van der Waals surface area contributed by atoms with Gasteiger partial charge in [0.1, 0.15) is 0 Å². The molecule has 0 aliphatic rings. The number of nitrogens with zero attached hydrogens (tertiary/aromatic N) is 1. The zero-order chi connectivity index (χ0) is 15.7. The number of benzene rings is 2. The Balaban J connectivity index is 2.08. The Morgan fingerprint density at radius 1 is 0.955 bits per heavy atom. The van der Waals surface area contributed by atoms with Gasteiger partial charge in [0.2, 0.25) is 0 Å². The third kappa shape index (κ3) is 2.85. The second-order valence-electron chi connectivity index (χ2n) is 4.69. The van der Waals surface area contributed by atoms with Crippen LogP contribution < -0.4 is 5.32 Å². The Morgan fingerprint density at radius 2 is 1.73 bits per heavy atom. The van der Waals surface area contributed by atoms with E-state index in [-0.39, 0.29) is 5.69 Å². The van der Waals surface area contributed by atoms with Crippen molar-refractivity contribution in [1.29, 1.82) is 0 Å². The van der Waals surface area contributed by atoms with Gasteiger partial charge in [-0.2, -0.15) is 13.2 Å². The van der Waals surface area contributed by atoms with Crippen LogP contribution >= 0.6 is 11.6 Å². The number of hydrogen-bond donors (Lipinski definition) is 1. The van der Waals surface area contributed by atoms with Crippen molar-refractivity contribution in [1.82, 2.24) is 4.98 Å². The molecule has 2 nitrogen and oxygen atoms in total. The molecule has 0 aliphatic carbocycles. The number of hydrogen-bond acceptors (Lipinski definition) is 2. The van der Waals surface area contributed by atoms with Gasteiger partial charge in [0.15, 0.2) is 0 Å². The van der Waals surface area contributed by atoms with Crippen LogP contribution in [0.2, 0.25) is 5.02 Å². The molecule has 0 radical (unpaired) electrons. The standard InChI is InChI=1S/C16H10ClF3N2/c17-10-5-6-11-13(7-8-21-15(11)9-10)22-14-4-2-1-3-12(14)16(18,19)20/h1-9H,(H,21,22). The van der Waals surface area contributed by atoms with Gasteiger partial charge >= 0.3 is 6.18 Å². The van der Waals surface area contributed by atoms with Crippen LogP contribution in [0.15, 0.2) is 54.7 Å². The minimum Gasteiger partial charge on any atom is -0.354 e. The molecule has 0 atom stereocenters. The third-order valence-corrected chi connectivity index (χ3v) is 3.44. The summed E-state index contributed by atoms with van der Waals surface area (Å²) < 4.78 is 39.1. The molecule has 0 bridgehead atoms. The zero-order valence-electron chi connectivity index (χ0n) is 11.2. The van der Waals surface area contributed by atoms with E-state index in [1.54, 1.807) is 30.3 Å². The predicted molar refractivity (Wildman–Crippen MR) is 81.5 cm³/mol. The van der Waals surface area contributed by atoms with Crippen LogP contribution in [0.3, 0.4) is 0 Å². The highest BCUT2D eigenvalue weighted by Crippen LogP contribution is 2.37. The van der Waals surface area contributed by atoms with Gasteiger partial charge in [0.05, 0.1) is 16.8 Å². The molecule has 0 aliphatic heterocycles. The number of rotatable bonds is 2. The second-order valence-corrected chi connectivity index (χ2v) is 5.12. The molecular formula is C16H10ClF3N2. The first-order chi connectivity index (χ1) is 10.4. The Kier molecular flexibility index (Phi) is 3.66. The number of halogens is 4. The number of aromatic nitrogens is 1. The summed E-state index contributed by atoms with van der Waals surface area (Å²) in [6.07, 6.45) is -2.90. The highest BCUT2D eigenvalue weighted by molar-refractivity contribution is 6.31. The maximum Gasteiger partial charge on any atom is 0.418 e. The number of nitrogens with one attached hydrogen (secondary N) is 1. The first kappa shape index (κ1) is 14.7. The lowest BCUT2D eigenvalue weighted by Gasteiger charge is -2.15. The lowest BCUT2D eigenvalue weighted by atomic mass is 10.1. The molecule has 0 fully saturated rings. The minimum absolute atomic E-state index is 0.00236. The van der Waals surface area contributed by atoms with Crippen LogP contribution in [-0.2, 0) is 6.18 Å². The monoisotopic (exact) mass is 322 g/mol. The fourth-order valence-corrected chi connectivity index (χ4v) is 2.38. The van der Waals surface area contributed by atoms with Gasteiger partial charge in [-0.05, 0) is 36.4 Å². The van der Waals surface area contributed by atoms with Gasteiger partial charge < -0.3 is 5.32 Å². The highest BCUT2D eigenvalue weighted by Gasteiger charge is 2.33. The molecule has 22 heavy (non-hydrogen) atoms. The van der Waals surface area contributed by atoms with E-state index >= 15 is 0 Å². The molecular weight excluding hydrogens is 313 g/mol. The van der Waals surface area contributed by atoms with Crippen molar-refractivity contribution in [2.24, 2.45) is 0 Å². The summed E-state index contributed by atoms with van der Waals surface area (Å²) in [6, 6.07) is 12.0. The smallest absolute Gasteiger partial charge is 0.354 e. The van der Waals surface area contributed by atoms with E-state index in [4.69, 9.17) is 11.6 Å². The first-order valence-electron chi connectivity index (χ1n) is 6.43. The predicted octanol–water partition coefficient (Wildman–Crippen LogP) is 5.65. The van der Waals surface area contributed by atoms with Crippen LogP contribution in [0.4, 0.5) is 24.5 Å². The molecule has 0 saturated heterocycles. The van der Waals surface area contributed by atoms with Crippen molar-refractivity contribution in [3.8, 4) is 0 Å². The summed E-state index contributed by atoms with van der Waals surface area (Å²) in [5.74, 6) is 0. The van der Waals surface area contributed by atoms with Crippen LogP contribution in [0, 0.1) is 0 Å². The second kappa shape index (κ2) is 5.50. The van der Waals surface area contributed by atoms with Gasteiger partial charge in [-0.15, -0.1) is 0 Å². The lowest BCUT2D eigenvalue weighted by molar-refractivity contribution is -0.136. The molecule has 2 aromatic carbocycles. The number of anilines is 2. The summed E-state index contributed by atoms with van der Waals surface area (Å²) in [6.45, 7) is 0. The van der Waals surface area contributed by atoms with Crippen molar-refractivity contribution in [2.75, 3.05) is 5.32 Å². The Bertz CT molecular complexity index is 831. The Labute approximate surface area is 129 Å². The quantitative estimate of drug-likeness (QED) is 0.659. The van der Waals surface area contributed by atoms with Crippen molar-refractivity contribution in [3.63, 3.8) is 0 Å². The van der Waals surface area contributed by atoms with E-state index in [1.165, 1.54) is 18.3 Å². The molecule has 112 valence electrons. The molecule has 1 heterocycles. The molecule has 1 aromatic heterocycles. The van der Waals surface area contributed by atoms with Gasteiger partial charge in [0, 0.05) is 22.3 Å². The van der Waals surface area contributed by atoms with Crippen LogP contribution in [0.25, 0.3) is 10.9 Å². The zero-order valence-corrected chi connectivity index (χ0v) is 11.9. The average Bonchev–Trinajstić information content (AvgIpc) is 2.46. The van der Waals surface area contributed by atoms with Gasteiger partial charge in [-0.25, -0.2) is 0 Å². The van der Waals surface area contributed by atoms with Gasteiger partial charge in [0.25, 0.3) is 0 Å². The highest BCUT2D eigenvalue weighted by atomic mass is 35.5. The van der Waals surface area contributed by atoms with Crippen LogP contribution in [-0.4, -0.2) is 4.98 Å². The normalized spacial score (nSPS) is 11.6. The van der Waals surface area contributed by atoms with E-state index in [2.05, 4.69) is 10.3 Å². The number of alkyl halides is 3. The van der Waals surface area contributed by atoms with E-state index in [0.29, 0.717) is 21.6 Å². The topological polar surface area (TPSA) is 24.9 Å². The SMILES string of the molecule is FC(F)(F)c1ccccc1Nc1ccnc2cc(Cl)ccc12. The number of para-hydroxylation sites is 1. The van der Waals surface area contributed by atoms with Crippen molar-refractivity contribution in [3.05, 3.63) is 65.3 Å². The lowest BCUT2D eigenvalue weighted by Crippen LogP contribution is -2.08. The summed E-state index contributed by atoms with van der Waals surface area (Å²) in [5, 5.41) is 4.06. The third-order valence-electron chi connectivity index (χ3n) is 3.21. The molecule has 0 spiro atoms. The fourth-order valence-electron chi connectivity index (χ4n) is 2.21. The maximum atomic E-state index is 13.0. The molecule has 0 unspecified atom stereocenters. The van der Waals surface area contributed by atoms with Crippen LogP contribution in [0.5, 0.6) is 0 Å². The van der Waals surface area contributed by atoms with Gasteiger partial charge in [-0.1, -0.05) is 23.7 Å². The summed E-state index contributed by atoms with van der Waals surface area (Å²) >= 11 is 5.91. The number of pyridine rings is 1. The Morgan fingerprint density at radius 3 is 2.50 bits per heavy atom. The summed E-state index contributed by atoms with van der Waals surface area (Å²) in [7, 11) is 0. The van der Waals surface area contributed by atoms with E-state index in [9.17, 15) is 13.2 Å². The molecule has 1 N–H and O–H groups in total. The van der Waals surface area contributed by atoms with Gasteiger partial charge in [-0.3, -0.25) is 4.98 Å². The fraction of sp³-hybridized carbons (Fsp3) is 0.0625. The maximum absolute atomic E-state index is 13.0. The summed E-state index contributed by atoms with van der Waals surface area (Å²) in [4.78, 5) is 4.17. The molecule has 0 amide bonds. The van der Waals surface area contributed by atoms with Crippen LogP contribution in [0.1, 0.15) is 5.56 Å². The van der Waals surface area contributed by atoms with Crippen molar-refractivity contribution in [2.45, 2.75) is 6.18 Å². The minimum atomic E-state index is -4.42. The largest absolute Gasteiger partial charge is 0.418 e. The molecule has 6 heteroatoms. The average molecular weight is 323 g/mol. The first-order valence-corrected chi connectivity index (χ1v) is 6.80.